The minimum atomic E-state index is 0.775. The molecule has 0 radical (unpaired) electrons. The van der Waals surface area contributed by atoms with Crippen molar-refractivity contribution in [1.29, 1.82) is 0 Å². The predicted octanol–water partition coefficient (Wildman–Crippen LogP) is 4.55. The first-order valence-corrected chi connectivity index (χ1v) is 7.01. The van der Waals surface area contributed by atoms with E-state index in [-0.39, 0.29) is 0 Å². The fourth-order valence-electron chi connectivity index (χ4n) is 1.50. The summed E-state index contributed by atoms with van der Waals surface area (Å²) in [5, 5.41) is 1.08. The van der Waals surface area contributed by atoms with E-state index in [1.165, 1.54) is 4.70 Å². The molecular weight excluding hydrogens is 286 g/mol. The van der Waals surface area contributed by atoms with Crippen molar-refractivity contribution in [3.8, 4) is 5.75 Å². The Morgan fingerprint density at radius 3 is 3.00 bits per heavy atom. The van der Waals surface area contributed by atoms with Crippen molar-refractivity contribution >= 4 is 37.5 Å². The van der Waals surface area contributed by atoms with Gasteiger partial charge in [0.15, 0.2) is 0 Å². The molecule has 0 spiro atoms. The number of rotatable bonds is 4. The van der Waals surface area contributed by atoms with Gasteiger partial charge in [-0.3, -0.25) is 0 Å². The van der Waals surface area contributed by atoms with Gasteiger partial charge in [0.05, 0.1) is 21.8 Å². The second-order valence-corrected chi connectivity index (χ2v) is 5.75. The van der Waals surface area contributed by atoms with Gasteiger partial charge in [0, 0.05) is 10.5 Å². The largest absolute Gasteiger partial charge is 0.493 e. The third-order valence-electron chi connectivity index (χ3n) is 2.29. The van der Waals surface area contributed by atoms with Crippen LogP contribution < -0.4 is 4.74 Å². The molecule has 2 aromatic rings. The Labute approximate surface area is 108 Å². The number of benzene rings is 1. The van der Waals surface area contributed by atoms with Gasteiger partial charge in [-0.2, -0.15) is 0 Å². The topological polar surface area (TPSA) is 22.1 Å². The van der Waals surface area contributed by atoms with Crippen molar-refractivity contribution < 1.29 is 4.74 Å². The highest BCUT2D eigenvalue weighted by Crippen LogP contribution is 2.33. The predicted molar refractivity (Wildman–Crippen MR) is 72.5 cm³/mol. The molecule has 0 saturated heterocycles. The van der Waals surface area contributed by atoms with Gasteiger partial charge in [0.25, 0.3) is 0 Å². The highest BCUT2D eigenvalue weighted by atomic mass is 79.9. The van der Waals surface area contributed by atoms with Crippen LogP contribution in [0.4, 0.5) is 0 Å². The number of aryl methyl sites for hydroxylation is 1. The molecule has 0 fully saturated rings. The molecule has 1 aromatic heterocycles. The molecule has 86 valence electrons. The monoisotopic (exact) mass is 299 g/mol. The molecule has 0 aliphatic carbocycles. The van der Waals surface area contributed by atoms with E-state index >= 15 is 0 Å². The smallest absolute Gasteiger partial charge is 0.122 e. The third-order valence-corrected chi connectivity index (χ3v) is 4.20. The van der Waals surface area contributed by atoms with Crippen molar-refractivity contribution in [2.45, 2.75) is 26.7 Å². The maximum Gasteiger partial charge on any atom is 0.122 e. The highest BCUT2D eigenvalue weighted by molar-refractivity contribution is 9.10. The zero-order valence-electron chi connectivity index (χ0n) is 9.42. The number of aromatic nitrogens is 1. The van der Waals surface area contributed by atoms with Gasteiger partial charge in [-0.05, 0) is 35.3 Å². The fraction of sp³-hybridized carbons (Fsp3) is 0.417. The van der Waals surface area contributed by atoms with E-state index in [0.717, 1.165) is 40.2 Å². The van der Waals surface area contributed by atoms with E-state index in [4.69, 9.17) is 4.74 Å². The average molecular weight is 300 g/mol. The quantitative estimate of drug-likeness (QED) is 0.773. The zero-order chi connectivity index (χ0) is 11.5. The van der Waals surface area contributed by atoms with Crippen LogP contribution >= 0.6 is 27.3 Å². The van der Waals surface area contributed by atoms with Gasteiger partial charge in [0.1, 0.15) is 5.75 Å². The third kappa shape index (κ3) is 2.55. The van der Waals surface area contributed by atoms with Crippen LogP contribution in [0.15, 0.2) is 16.6 Å². The number of hydrogen-bond donors (Lipinski definition) is 0. The molecule has 0 N–H and O–H groups in total. The number of nitrogens with zero attached hydrogens (tertiary/aromatic N) is 1. The van der Waals surface area contributed by atoms with Gasteiger partial charge >= 0.3 is 0 Å². The molecule has 0 saturated carbocycles. The summed E-state index contributed by atoms with van der Waals surface area (Å²) in [6, 6.07) is 4.04. The van der Waals surface area contributed by atoms with Crippen molar-refractivity contribution in [3.63, 3.8) is 0 Å². The Bertz CT molecular complexity index is 495. The van der Waals surface area contributed by atoms with Crippen LogP contribution in [-0.2, 0) is 0 Å². The lowest BCUT2D eigenvalue weighted by atomic mass is 10.3. The number of fused-ring (bicyclic) bond motifs is 1. The summed E-state index contributed by atoms with van der Waals surface area (Å²) in [6.07, 6.45) is 2.24. The molecule has 0 amide bonds. The van der Waals surface area contributed by atoms with E-state index in [1.54, 1.807) is 11.3 Å². The van der Waals surface area contributed by atoms with Crippen LogP contribution in [0.1, 0.15) is 24.8 Å². The second kappa shape index (κ2) is 5.15. The summed E-state index contributed by atoms with van der Waals surface area (Å²) in [5.41, 5.74) is 1.02. The lowest BCUT2D eigenvalue weighted by Crippen LogP contribution is -1.96. The summed E-state index contributed by atoms with van der Waals surface area (Å²) in [4.78, 5) is 4.47. The standard InChI is InChI=1S/C12H14BrNOS/c1-3-4-5-15-9-6-10(13)12-11(7-9)14-8(2)16-12/h6-7H,3-5H2,1-2H3. The highest BCUT2D eigenvalue weighted by Gasteiger charge is 2.07. The minimum absolute atomic E-state index is 0.775. The van der Waals surface area contributed by atoms with E-state index in [1.807, 2.05) is 19.1 Å². The second-order valence-electron chi connectivity index (χ2n) is 3.69. The van der Waals surface area contributed by atoms with Gasteiger partial charge in [-0.1, -0.05) is 13.3 Å². The molecule has 0 bridgehead atoms. The van der Waals surface area contributed by atoms with Crippen molar-refractivity contribution in [2.75, 3.05) is 6.61 Å². The first-order valence-electron chi connectivity index (χ1n) is 5.40. The van der Waals surface area contributed by atoms with E-state index in [9.17, 15) is 0 Å². The zero-order valence-corrected chi connectivity index (χ0v) is 11.8. The number of ether oxygens (including phenoxy) is 1. The Balaban J connectivity index is 2.27. The van der Waals surface area contributed by atoms with E-state index in [2.05, 4.69) is 27.8 Å². The van der Waals surface area contributed by atoms with Gasteiger partial charge < -0.3 is 4.74 Å². The van der Waals surface area contributed by atoms with Crippen molar-refractivity contribution in [2.24, 2.45) is 0 Å². The minimum Gasteiger partial charge on any atom is -0.493 e. The Kier molecular flexibility index (Phi) is 3.82. The summed E-state index contributed by atoms with van der Waals surface area (Å²) in [5.74, 6) is 0.901. The maximum absolute atomic E-state index is 5.68. The summed E-state index contributed by atoms with van der Waals surface area (Å²) in [7, 11) is 0. The molecular formula is C12H14BrNOS. The lowest BCUT2D eigenvalue weighted by Gasteiger charge is -2.05. The molecule has 0 unspecified atom stereocenters. The molecule has 0 atom stereocenters. The Morgan fingerprint density at radius 2 is 2.25 bits per heavy atom. The SMILES string of the molecule is CCCCOc1cc(Br)c2sc(C)nc2c1. The number of thiazole rings is 1. The maximum atomic E-state index is 5.68. The van der Waals surface area contributed by atoms with Gasteiger partial charge in [-0.15, -0.1) is 11.3 Å². The van der Waals surface area contributed by atoms with Crippen LogP contribution in [0.5, 0.6) is 5.75 Å². The molecule has 2 rings (SSSR count). The normalized spacial score (nSPS) is 10.9. The molecule has 16 heavy (non-hydrogen) atoms. The lowest BCUT2D eigenvalue weighted by molar-refractivity contribution is 0.309. The molecule has 2 nitrogen and oxygen atoms in total. The molecule has 0 aliphatic rings. The van der Waals surface area contributed by atoms with Crippen LogP contribution in [0.25, 0.3) is 10.2 Å². The van der Waals surface area contributed by atoms with Gasteiger partial charge in [-0.25, -0.2) is 4.98 Å². The summed E-state index contributed by atoms with van der Waals surface area (Å²) >= 11 is 5.26. The summed E-state index contributed by atoms with van der Waals surface area (Å²) < 4.78 is 7.95. The number of unbranched alkanes of at least 4 members (excludes halogenated alkanes) is 1. The molecule has 1 heterocycles. The first-order chi connectivity index (χ1) is 7.70. The molecule has 0 aliphatic heterocycles. The van der Waals surface area contributed by atoms with Crippen LogP contribution in [0, 0.1) is 6.92 Å². The van der Waals surface area contributed by atoms with Gasteiger partial charge in [0.2, 0.25) is 0 Å². The molecule has 4 heteroatoms. The van der Waals surface area contributed by atoms with Crippen LogP contribution in [0.3, 0.4) is 0 Å². The van der Waals surface area contributed by atoms with Crippen molar-refractivity contribution in [1.82, 2.24) is 4.98 Å². The number of hydrogen-bond acceptors (Lipinski definition) is 3. The average Bonchev–Trinajstić information content (AvgIpc) is 2.60. The van der Waals surface area contributed by atoms with E-state index in [0.29, 0.717) is 0 Å². The first kappa shape index (κ1) is 11.9. The fourth-order valence-corrected chi connectivity index (χ4v) is 2.97. The molecule has 1 aromatic carbocycles. The number of halogens is 1. The Hall–Kier alpha value is -0.610. The van der Waals surface area contributed by atoms with Crippen LogP contribution in [-0.4, -0.2) is 11.6 Å². The Morgan fingerprint density at radius 1 is 1.44 bits per heavy atom. The van der Waals surface area contributed by atoms with Crippen molar-refractivity contribution in [3.05, 3.63) is 21.6 Å². The summed E-state index contributed by atoms with van der Waals surface area (Å²) in [6.45, 7) is 4.96. The van der Waals surface area contributed by atoms with Crippen LogP contribution in [0.2, 0.25) is 0 Å². The van der Waals surface area contributed by atoms with E-state index < -0.39 is 0 Å².